The third-order valence-corrected chi connectivity index (χ3v) is 1.76. The fraction of sp³-hybridized carbons (Fsp3) is 0.222. The Labute approximate surface area is 76.3 Å². The van der Waals surface area contributed by atoms with E-state index in [1.165, 1.54) is 0 Å². The molecule has 0 aliphatic heterocycles. The third-order valence-electron chi connectivity index (χ3n) is 1.76. The molecule has 0 atom stereocenters. The predicted molar refractivity (Wildman–Crippen MR) is 48.5 cm³/mol. The molecule has 2 heterocycles. The van der Waals surface area contributed by atoms with Gasteiger partial charge in [0.25, 0.3) is 0 Å². The molecule has 0 aromatic carbocycles. The number of aryl methyl sites for hydroxylation is 1. The van der Waals surface area contributed by atoms with Gasteiger partial charge in [0.1, 0.15) is 0 Å². The minimum atomic E-state index is 0.613. The fourth-order valence-corrected chi connectivity index (χ4v) is 1.07. The molecule has 0 spiro atoms. The normalized spacial score (nSPS) is 10.2. The molecule has 66 valence electrons. The number of rotatable bonds is 2. The molecule has 0 amide bonds. The maximum absolute atomic E-state index is 4.29. The Morgan fingerprint density at radius 3 is 2.69 bits per heavy atom. The quantitative estimate of drug-likeness (QED) is 0.687. The minimum absolute atomic E-state index is 0.613. The van der Waals surface area contributed by atoms with Gasteiger partial charge < -0.3 is 0 Å². The van der Waals surface area contributed by atoms with E-state index in [0.29, 0.717) is 5.95 Å². The Morgan fingerprint density at radius 2 is 2.08 bits per heavy atom. The molecule has 0 radical (unpaired) electrons. The highest BCUT2D eigenvalue weighted by Crippen LogP contribution is 2.00. The van der Waals surface area contributed by atoms with E-state index in [4.69, 9.17) is 0 Å². The number of hydrogen-bond acceptors (Lipinski definition) is 3. The van der Waals surface area contributed by atoms with Crippen LogP contribution in [0.15, 0.2) is 30.7 Å². The molecule has 0 bridgehead atoms. The predicted octanol–water partition coefficient (Wildman–Crippen LogP) is 1.22. The maximum atomic E-state index is 4.29. The molecule has 0 fully saturated rings. The second-order valence-corrected chi connectivity index (χ2v) is 2.65. The van der Waals surface area contributed by atoms with Gasteiger partial charge in [0.05, 0.1) is 5.69 Å². The van der Waals surface area contributed by atoms with Crippen molar-refractivity contribution in [1.29, 1.82) is 0 Å². The molecule has 0 saturated heterocycles. The standard InChI is InChI=1S/C9H10N4/c1-2-8-4-7-13(12-8)9-10-5-3-6-11-9/h3-7H,2H2,1H3. The van der Waals surface area contributed by atoms with Crippen LogP contribution in [-0.2, 0) is 6.42 Å². The Bertz CT molecular complexity index is 380. The summed E-state index contributed by atoms with van der Waals surface area (Å²) >= 11 is 0. The molecular weight excluding hydrogens is 164 g/mol. The van der Waals surface area contributed by atoms with Crippen LogP contribution in [0.2, 0.25) is 0 Å². The van der Waals surface area contributed by atoms with Crippen molar-refractivity contribution in [2.45, 2.75) is 13.3 Å². The van der Waals surface area contributed by atoms with E-state index in [0.717, 1.165) is 12.1 Å². The first-order valence-corrected chi connectivity index (χ1v) is 4.22. The molecule has 4 nitrogen and oxygen atoms in total. The summed E-state index contributed by atoms with van der Waals surface area (Å²) in [6, 6.07) is 3.75. The van der Waals surface area contributed by atoms with Crippen molar-refractivity contribution in [3.05, 3.63) is 36.4 Å². The minimum Gasteiger partial charge on any atom is -0.220 e. The summed E-state index contributed by atoms with van der Waals surface area (Å²) in [4.78, 5) is 8.17. The second kappa shape index (κ2) is 3.35. The van der Waals surface area contributed by atoms with E-state index in [-0.39, 0.29) is 0 Å². The van der Waals surface area contributed by atoms with Gasteiger partial charge >= 0.3 is 0 Å². The lowest BCUT2D eigenvalue weighted by molar-refractivity contribution is 0.785. The van der Waals surface area contributed by atoms with E-state index < -0.39 is 0 Å². The molecule has 0 unspecified atom stereocenters. The zero-order valence-corrected chi connectivity index (χ0v) is 7.38. The summed E-state index contributed by atoms with van der Waals surface area (Å²) in [5, 5.41) is 4.29. The van der Waals surface area contributed by atoms with E-state index in [1.54, 1.807) is 23.1 Å². The van der Waals surface area contributed by atoms with Crippen LogP contribution in [0.5, 0.6) is 0 Å². The smallest absolute Gasteiger partial charge is 0.220 e. The molecule has 0 saturated carbocycles. The molecule has 0 aliphatic rings. The molecule has 0 N–H and O–H groups in total. The monoisotopic (exact) mass is 174 g/mol. The number of hydrogen-bond donors (Lipinski definition) is 0. The van der Waals surface area contributed by atoms with Crippen LogP contribution in [0.1, 0.15) is 12.6 Å². The maximum Gasteiger partial charge on any atom is 0.250 e. The van der Waals surface area contributed by atoms with Gasteiger partial charge in [-0.1, -0.05) is 6.92 Å². The molecule has 13 heavy (non-hydrogen) atoms. The van der Waals surface area contributed by atoms with Crippen molar-refractivity contribution in [2.75, 3.05) is 0 Å². The summed E-state index contributed by atoms with van der Waals surface area (Å²) in [6.45, 7) is 2.07. The van der Waals surface area contributed by atoms with Gasteiger partial charge in [-0.3, -0.25) is 0 Å². The Hall–Kier alpha value is -1.71. The molecule has 2 aromatic heterocycles. The molecule has 2 rings (SSSR count). The average molecular weight is 174 g/mol. The van der Waals surface area contributed by atoms with Crippen molar-refractivity contribution < 1.29 is 0 Å². The number of nitrogens with zero attached hydrogens (tertiary/aromatic N) is 4. The summed E-state index contributed by atoms with van der Waals surface area (Å²) in [5.74, 6) is 0.613. The van der Waals surface area contributed by atoms with Gasteiger partial charge in [-0.15, -0.1) is 0 Å². The van der Waals surface area contributed by atoms with Crippen LogP contribution in [0.4, 0.5) is 0 Å². The first kappa shape index (κ1) is 7.91. The van der Waals surface area contributed by atoms with Gasteiger partial charge in [0.15, 0.2) is 0 Å². The van der Waals surface area contributed by atoms with Crippen molar-refractivity contribution in [1.82, 2.24) is 19.7 Å². The van der Waals surface area contributed by atoms with E-state index in [2.05, 4.69) is 22.0 Å². The van der Waals surface area contributed by atoms with Gasteiger partial charge in [0.2, 0.25) is 5.95 Å². The van der Waals surface area contributed by atoms with Gasteiger partial charge in [-0.25, -0.2) is 14.6 Å². The van der Waals surface area contributed by atoms with Gasteiger partial charge in [-0.2, -0.15) is 5.10 Å². The lowest BCUT2D eigenvalue weighted by atomic mass is 10.4. The van der Waals surface area contributed by atoms with Crippen LogP contribution < -0.4 is 0 Å². The Balaban J connectivity index is 2.36. The third kappa shape index (κ3) is 1.56. The van der Waals surface area contributed by atoms with Crippen molar-refractivity contribution in [3.8, 4) is 5.95 Å². The highest BCUT2D eigenvalue weighted by Gasteiger charge is 1.99. The lowest BCUT2D eigenvalue weighted by Gasteiger charge is -1.96. The van der Waals surface area contributed by atoms with Crippen LogP contribution in [0.3, 0.4) is 0 Å². The van der Waals surface area contributed by atoms with Crippen LogP contribution in [0, 0.1) is 0 Å². The van der Waals surface area contributed by atoms with Crippen LogP contribution >= 0.6 is 0 Å². The van der Waals surface area contributed by atoms with Crippen molar-refractivity contribution >= 4 is 0 Å². The highest BCUT2D eigenvalue weighted by atomic mass is 15.3. The van der Waals surface area contributed by atoms with Crippen molar-refractivity contribution in [3.63, 3.8) is 0 Å². The first-order valence-electron chi connectivity index (χ1n) is 4.22. The zero-order valence-electron chi connectivity index (χ0n) is 7.38. The summed E-state index contributed by atoms with van der Waals surface area (Å²) < 4.78 is 1.68. The van der Waals surface area contributed by atoms with E-state index >= 15 is 0 Å². The van der Waals surface area contributed by atoms with Gasteiger partial charge in [0, 0.05) is 18.6 Å². The lowest BCUT2D eigenvalue weighted by Crippen LogP contribution is -2.00. The second-order valence-electron chi connectivity index (χ2n) is 2.65. The Kier molecular flexibility index (Phi) is 2.04. The summed E-state index contributed by atoms with van der Waals surface area (Å²) in [5.41, 5.74) is 1.05. The van der Waals surface area contributed by atoms with Crippen LogP contribution in [0.25, 0.3) is 5.95 Å². The Morgan fingerprint density at radius 1 is 1.31 bits per heavy atom. The van der Waals surface area contributed by atoms with Gasteiger partial charge in [-0.05, 0) is 18.6 Å². The summed E-state index contributed by atoms with van der Waals surface area (Å²) in [6.07, 6.45) is 6.21. The first-order chi connectivity index (χ1) is 6.40. The summed E-state index contributed by atoms with van der Waals surface area (Å²) in [7, 11) is 0. The molecular formula is C9H10N4. The average Bonchev–Trinajstić information content (AvgIpc) is 2.67. The topological polar surface area (TPSA) is 43.6 Å². The molecule has 2 aromatic rings. The highest BCUT2D eigenvalue weighted by molar-refractivity contribution is 5.11. The van der Waals surface area contributed by atoms with E-state index in [1.807, 2.05) is 12.3 Å². The SMILES string of the molecule is CCc1ccn(-c2ncccn2)n1. The van der Waals surface area contributed by atoms with Crippen LogP contribution in [-0.4, -0.2) is 19.7 Å². The zero-order chi connectivity index (χ0) is 9.10. The van der Waals surface area contributed by atoms with Crippen molar-refractivity contribution in [2.24, 2.45) is 0 Å². The number of aromatic nitrogens is 4. The molecule has 0 aliphatic carbocycles. The molecule has 4 heteroatoms. The largest absolute Gasteiger partial charge is 0.250 e. The fourth-order valence-electron chi connectivity index (χ4n) is 1.07. The van der Waals surface area contributed by atoms with E-state index in [9.17, 15) is 0 Å².